The summed E-state index contributed by atoms with van der Waals surface area (Å²) in [6.45, 7) is 6.15. The molecule has 2 rings (SSSR count). The summed E-state index contributed by atoms with van der Waals surface area (Å²) in [4.78, 5) is 14.6. The van der Waals surface area contributed by atoms with Crippen LogP contribution in [0.1, 0.15) is 31.9 Å². The fraction of sp³-hybridized carbons (Fsp3) is 0.381. The predicted octanol–water partition coefficient (Wildman–Crippen LogP) is 4.04. The minimum atomic E-state index is -3.71. The molecule has 0 spiro atoms. The third kappa shape index (κ3) is 6.39. The molecule has 8 heteroatoms. The monoisotopic (exact) mass is 420 g/mol. The van der Waals surface area contributed by atoms with Crippen LogP contribution in [0.25, 0.3) is 0 Å². The molecule has 0 heterocycles. The lowest BCUT2D eigenvalue weighted by Gasteiger charge is -2.28. The Morgan fingerprint density at radius 1 is 1.14 bits per heavy atom. The Labute approximate surface area is 172 Å². The van der Waals surface area contributed by atoms with E-state index in [-0.39, 0.29) is 24.4 Å². The Hall–Kier alpha value is -2.74. The van der Waals surface area contributed by atoms with Gasteiger partial charge in [0, 0.05) is 18.3 Å². The maximum Gasteiger partial charge on any atom is 0.322 e. The molecule has 0 saturated carbocycles. The number of benzene rings is 2. The van der Waals surface area contributed by atoms with E-state index in [1.165, 1.54) is 7.11 Å². The number of nitrogens with one attached hydrogen (secondary N) is 1. The number of hydrogen-bond acceptors (Lipinski definition) is 5. The van der Waals surface area contributed by atoms with E-state index < -0.39 is 10.1 Å². The number of urea groups is 1. The summed E-state index contributed by atoms with van der Waals surface area (Å²) in [5.41, 5.74) is 2.55. The number of rotatable bonds is 8. The van der Waals surface area contributed by atoms with E-state index in [1.807, 2.05) is 45.0 Å². The predicted molar refractivity (Wildman–Crippen MR) is 114 cm³/mol. The summed E-state index contributed by atoms with van der Waals surface area (Å²) in [5, 5.41) is 2.97. The van der Waals surface area contributed by atoms with Gasteiger partial charge >= 0.3 is 16.1 Å². The number of methoxy groups -OCH3 is 1. The molecule has 0 aliphatic carbocycles. The number of aryl methyl sites for hydroxylation is 1. The summed E-state index contributed by atoms with van der Waals surface area (Å²) in [5.74, 6) is 0.393. The first-order valence-electron chi connectivity index (χ1n) is 9.36. The molecule has 2 amide bonds. The van der Waals surface area contributed by atoms with Crippen LogP contribution in [0.4, 0.5) is 10.5 Å². The topological polar surface area (TPSA) is 84.9 Å². The van der Waals surface area contributed by atoms with E-state index in [0.29, 0.717) is 5.75 Å². The van der Waals surface area contributed by atoms with E-state index >= 15 is 0 Å². The van der Waals surface area contributed by atoms with E-state index in [4.69, 9.17) is 8.92 Å². The zero-order chi connectivity index (χ0) is 21.6. The van der Waals surface area contributed by atoms with Gasteiger partial charge in [-0.3, -0.25) is 0 Å². The highest BCUT2D eigenvalue weighted by molar-refractivity contribution is 7.86. The van der Waals surface area contributed by atoms with E-state index in [1.54, 1.807) is 23.1 Å². The quantitative estimate of drug-likeness (QED) is 0.652. The lowest BCUT2D eigenvalue weighted by molar-refractivity contribution is 0.193. The average molecular weight is 421 g/mol. The zero-order valence-corrected chi connectivity index (χ0v) is 18.2. The van der Waals surface area contributed by atoms with Crippen molar-refractivity contribution in [2.45, 2.75) is 39.8 Å². The minimum absolute atomic E-state index is 0.0785. The Bertz CT molecular complexity index is 957. The van der Waals surface area contributed by atoms with Crippen LogP contribution in [0.3, 0.4) is 0 Å². The largest absolute Gasteiger partial charge is 0.493 e. The summed E-state index contributed by atoms with van der Waals surface area (Å²) >= 11 is 0. The normalized spacial score (nSPS) is 11.2. The van der Waals surface area contributed by atoms with Crippen molar-refractivity contribution < 1.29 is 22.1 Å². The molecule has 0 fully saturated rings. The summed E-state index contributed by atoms with van der Waals surface area (Å²) in [6.07, 6.45) is 1.78. The first kappa shape index (κ1) is 22.5. The van der Waals surface area contributed by atoms with E-state index in [0.717, 1.165) is 29.5 Å². The van der Waals surface area contributed by atoms with Crippen molar-refractivity contribution >= 4 is 21.8 Å². The molecular formula is C21H28N2O5S. The first-order chi connectivity index (χ1) is 13.6. The van der Waals surface area contributed by atoms with Crippen molar-refractivity contribution in [3.8, 4) is 11.5 Å². The van der Waals surface area contributed by atoms with Crippen LogP contribution in [0, 0.1) is 0 Å². The van der Waals surface area contributed by atoms with Crippen LogP contribution >= 0.6 is 0 Å². The molecule has 0 unspecified atom stereocenters. The Balaban J connectivity index is 2.26. The van der Waals surface area contributed by atoms with Crippen molar-refractivity contribution in [3.05, 3.63) is 53.6 Å². The van der Waals surface area contributed by atoms with Crippen LogP contribution in [0.2, 0.25) is 0 Å². The highest BCUT2D eigenvalue weighted by Gasteiger charge is 2.20. The van der Waals surface area contributed by atoms with Gasteiger partial charge in [-0.2, -0.15) is 8.42 Å². The Morgan fingerprint density at radius 2 is 1.83 bits per heavy atom. The minimum Gasteiger partial charge on any atom is -0.493 e. The third-order valence-corrected chi connectivity index (χ3v) is 4.83. The lowest BCUT2D eigenvalue weighted by Crippen LogP contribution is -2.39. The number of amides is 2. The van der Waals surface area contributed by atoms with E-state index in [9.17, 15) is 13.2 Å². The van der Waals surface area contributed by atoms with Gasteiger partial charge in [0.1, 0.15) is 0 Å². The highest BCUT2D eigenvalue weighted by atomic mass is 32.2. The number of ether oxygens (including phenoxy) is 1. The van der Waals surface area contributed by atoms with Gasteiger partial charge in [0.05, 0.1) is 13.4 Å². The molecule has 0 radical (unpaired) electrons. The van der Waals surface area contributed by atoms with Crippen LogP contribution in [-0.4, -0.2) is 38.8 Å². The first-order valence-corrected chi connectivity index (χ1v) is 11.2. The second kappa shape index (κ2) is 9.65. The van der Waals surface area contributed by atoms with Crippen molar-refractivity contribution in [2.75, 3.05) is 18.7 Å². The standard InChI is InChI=1S/C21H28N2O5S/c1-6-17-9-7-8-10-18(17)22-21(24)23(15(2)3)14-16-11-12-19(27-4)20(13-16)28-29(5,25)26/h7-13,15H,6,14H2,1-5H3,(H,22,24). The molecule has 0 saturated heterocycles. The average Bonchev–Trinajstić information content (AvgIpc) is 2.65. The van der Waals surface area contributed by atoms with Crippen molar-refractivity contribution in [1.29, 1.82) is 0 Å². The maximum absolute atomic E-state index is 12.9. The molecule has 2 aromatic carbocycles. The molecule has 0 aliphatic heterocycles. The van der Waals surface area contributed by atoms with Crippen LogP contribution < -0.4 is 14.2 Å². The van der Waals surface area contributed by atoms with Gasteiger partial charge in [-0.15, -0.1) is 0 Å². The maximum atomic E-state index is 12.9. The van der Waals surface area contributed by atoms with Gasteiger partial charge in [-0.05, 0) is 49.6 Å². The van der Waals surface area contributed by atoms with Crippen LogP contribution in [0.15, 0.2) is 42.5 Å². The lowest BCUT2D eigenvalue weighted by atomic mass is 10.1. The highest BCUT2D eigenvalue weighted by Crippen LogP contribution is 2.30. The Kier molecular flexibility index (Phi) is 7.50. The molecule has 1 N–H and O–H groups in total. The summed E-state index contributed by atoms with van der Waals surface area (Å²) in [6, 6.07) is 12.3. The molecule has 0 bridgehead atoms. The molecular weight excluding hydrogens is 392 g/mol. The third-order valence-electron chi connectivity index (χ3n) is 4.35. The van der Waals surface area contributed by atoms with Gasteiger partial charge in [-0.1, -0.05) is 31.2 Å². The number of para-hydroxylation sites is 1. The van der Waals surface area contributed by atoms with Gasteiger partial charge in [0.15, 0.2) is 11.5 Å². The second-order valence-electron chi connectivity index (χ2n) is 6.94. The van der Waals surface area contributed by atoms with Crippen molar-refractivity contribution in [3.63, 3.8) is 0 Å². The zero-order valence-electron chi connectivity index (χ0n) is 17.4. The Morgan fingerprint density at radius 3 is 2.41 bits per heavy atom. The summed E-state index contributed by atoms with van der Waals surface area (Å²) < 4.78 is 33.2. The van der Waals surface area contributed by atoms with Crippen LogP contribution in [-0.2, 0) is 23.1 Å². The molecule has 2 aromatic rings. The SMILES string of the molecule is CCc1ccccc1NC(=O)N(Cc1ccc(OC)c(OS(C)(=O)=O)c1)C(C)C. The van der Waals surface area contributed by atoms with E-state index in [2.05, 4.69) is 5.32 Å². The number of anilines is 1. The van der Waals surface area contributed by atoms with Gasteiger partial charge < -0.3 is 19.1 Å². The van der Waals surface area contributed by atoms with Gasteiger partial charge in [0.25, 0.3) is 0 Å². The van der Waals surface area contributed by atoms with Crippen molar-refractivity contribution in [1.82, 2.24) is 4.90 Å². The molecule has 0 aliphatic rings. The molecule has 158 valence electrons. The number of hydrogen-bond donors (Lipinski definition) is 1. The van der Waals surface area contributed by atoms with Gasteiger partial charge in [-0.25, -0.2) is 4.79 Å². The fourth-order valence-electron chi connectivity index (χ4n) is 2.87. The smallest absolute Gasteiger partial charge is 0.322 e. The van der Waals surface area contributed by atoms with Gasteiger partial charge in [0.2, 0.25) is 0 Å². The number of nitrogens with zero attached hydrogens (tertiary/aromatic N) is 1. The fourth-order valence-corrected chi connectivity index (χ4v) is 3.33. The number of carbonyl (C=O) groups is 1. The second-order valence-corrected chi connectivity index (χ2v) is 8.51. The molecule has 0 aromatic heterocycles. The van der Waals surface area contributed by atoms with Crippen LogP contribution in [0.5, 0.6) is 11.5 Å². The number of carbonyl (C=O) groups excluding carboxylic acids is 1. The molecule has 29 heavy (non-hydrogen) atoms. The van der Waals surface area contributed by atoms with Crippen molar-refractivity contribution in [2.24, 2.45) is 0 Å². The summed E-state index contributed by atoms with van der Waals surface area (Å²) in [7, 11) is -2.28. The molecule has 0 atom stereocenters. The molecule has 7 nitrogen and oxygen atoms in total.